The minimum absolute atomic E-state index is 0.117. The Balaban J connectivity index is 1.90. The number of carbonyl (C=O) groups excluding carboxylic acids is 1. The molecule has 0 amide bonds. The minimum Gasteiger partial charge on any atom is -0.457 e. The summed E-state index contributed by atoms with van der Waals surface area (Å²) >= 11 is 0. The molecule has 98 valence electrons. The topological polar surface area (TPSA) is 38.3 Å². The minimum atomic E-state index is -0.177. The van der Waals surface area contributed by atoms with Crippen molar-refractivity contribution in [1.29, 1.82) is 0 Å². The van der Waals surface area contributed by atoms with E-state index in [0.29, 0.717) is 0 Å². The van der Waals surface area contributed by atoms with Crippen LogP contribution < -0.4 is 5.32 Å². The van der Waals surface area contributed by atoms with Crippen LogP contribution in [0.25, 0.3) is 0 Å². The van der Waals surface area contributed by atoms with E-state index in [1.807, 2.05) is 37.3 Å². The van der Waals surface area contributed by atoms with Crippen molar-refractivity contribution in [3.63, 3.8) is 0 Å². The molecule has 2 unspecified atom stereocenters. The van der Waals surface area contributed by atoms with Crippen LogP contribution in [0, 0.1) is 0 Å². The number of rotatable bonds is 3. The Morgan fingerprint density at radius 2 is 2.06 bits per heavy atom. The first-order valence-corrected chi connectivity index (χ1v) is 6.76. The molecule has 18 heavy (non-hydrogen) atoms. The van der Waals surface area contributed by atoms with E-state index < -0.39 is 0 Å². The zero-order valence-corrected chi connectivity index (χ0v) is 10.9. The second-order valence-corrected chi connectivity index (χ2v) is 4.85. The quantitative estimate of drug-likeness (QED) is 0.835. The second-order valence-electron chi connectivity index (χ2n) is 4.85. The average Bonchev–Trinajstić information content (AvgIpc) is 2.68. The average molecular weight is 247 g/mol. The van der Waals surface area contributed by atoms with Crippen LogP contribution >= 0.6 is 0 Å². The van der Waals surface area contributed by atoms with Crippen LogP contribution in [0.3, 0.4) is 0 Å². The van der Waals surface area contributed by atoms with Crippen molar-refractivity contribution in [3.05, 3.63) is 35.9 Å². The first-order chi connectivity index (χ1) is 8.77. The smallest absolute Gasteiger partial charge is 0.323 e. The lowest BCUT2D eigenvalue weighted by Gasteiger charge is -2.19. The maximum atomic E-state index is 12.0. The van der Waals surface area contributed by atoms with Crippen LogP contribution in [0.4, 0.5) is 0 Å². The number of hydrogen-bond acceptors (Lipinski definition) is 3. The van der Waals surface area contributed by atoms with Crippen molar-refractivity contribution in [2.24, 2.45) is 0 Å². The summed E-state index contributed by atoms with van der Waals surface area (Å²) in [6.45, 7) is 2.84. The second kappa shape index (κ2) is 6.55. The van der Waals surface area contributed by atoms with Gasteiger partial charge in [-0.3, -0.25) is 4.79 Å². The van der Waals surface area contributed by atoms with E-state index in [4.69, 9.17) is 4.74 Å². The number of benzene rings is 1. The standard InChI is InChI=1S/C15H21NO2/c1-12(13-8-4-2-5-9-13)18-15(17)14-10-6-3-7-11-16-14/h2,4-5,8-9,12,14,16H,3,6-7,10-11H2,1H3. The van der Waals surface area contributed by atoms with Crippen LogP contribution in [-0.4, -0.2) is 18.6 Å². The molecule has 0 spiro atoms. The van der Waals surface area contributed by atoms with Crippen LogP contribution in [0.5, 0.6) is 0 Å². The number of esters is 1. The Morgan fingerprint density at radius 3 is 2.83 bits per heavy atom. The zero-order chi connectivity index (χ0) is 12.8. The predicted molar refractivity (Wildman–Crippen MR) is 71.2 cm³/mol. The van der Waals surface area contributed by atoms with Gasteiger partial charge >= 0.3 is 5.97 Å². The fraction of sp³-hybridized carbons (Fsp3) is 0.533. The third kappa shape index (κ3) is 3.57. The summed E-state index contributed by atoms with van der Waals surface area (Å²) in [6.07, 6.45) is 4.17. The van der Waals surface area contributed by atoms with Crippen molar-refractivity contribution < 1.29 is 9.53 Å². The fourth-order valence-electron chi connectivity index (χ4n) is 2.28. The first kappa shape index (κ1) is 13.1. The molecule has 1 fully saturated rings. The third-order valence-corrected chi connectivity index (χ3v) is 3.41. The van der Waals surface area contributed by atoms with Gasteiger partial charge in [0.2, 0.25) is 0 Å². The molecule has 0 aliphatic carbocycles. The van der Waals surface area contributed by atoms with Crippen molar-refractivity contribution in [2.45, 2.75) is 44.8 Å². The Bertz CT molecular complexity index is 369. The van der Waals surface area contributed by atoms with Gasteiger partial charge in [-0.25, -0.2) is 0 Å². The monoisotopic (exact) mass is 247 g/mol. The van der Waals surface area contributed by atoms with Gasteiger partial charge in [0.1, 0.15) is 12.1 Å². The molecule has 1 heterocycles. The largest absolute Gasteiger partial charge is 0.457 e. The summed E-state index contributed by atoms with van der Waals surface area (Å²) in [5.41, 5.74) is 1.04. The molecule has 0 radical (unpaired) electrons. The molecule has 1 saturated heterocycles. The lowest BCUT2D eigenvalue weighted by molar-refractivity contribution is -0.151. The number of carbonyl (C=O) groups is 1. The lowest BCUT2D eigenvalue weighted by atomic mass is 10.1. The molecule has 1 aliphatic rings. The zero-order valence-electron chi connectivity index (χ0n) is 10.9. The van der Waals surface area contributed by atoms with Crippen LogP contribution in [0.2, 0.25) is 0 Å². The predicted octanol–water partition coefficient (Wildman–Crippen LogP) is 2.82. The summed E-state index contributed by atoms with van der Waals surface area (Å²) in [5, 5.41) is 3.26. The van der Waals surface area contributed by atoms with Crippen molar-refractivity contribution >= 4 is 5.97 Å². The maximum Gasteiger partial charge on any atom is 0.323 e. The van der Waals surface area contributed by atoms with Gasteiger partial charge in [0.05, 0.1) is 0 Å². The molecule has 1 aromatic carbocycles. The molecule has 3 nitrogen and oxygen atoms in total. The SMILES string of the molecule is CC(OC(=O)C1CCCCCN1)c1ccccc1. The van der Waals surface area contributed by atoms with Gasteiger partial charge < -0.3 is 10.1 Å². The number of nitrogens with one attached hydrogen (secondary N) is 1. The Kier molecular flexibility index (Phi) is 4.76. The van der Waals surface area contributed by atoms with Gasteiger partial charge in [-0.1, -0.05) is 43.2 Å². The van der Waals surface area contributed by atoms with E-state index in [9.17, 15) is 4.79 Å². The first-order valence-electron chi connectivity index (χ1n) is 6.76. The molecule has 0 bridgehead atoms. The Labute approximate surface area is 109 Å². The molecule has 1 N–H and O–H groups in total. The molecule has 3 heteroatoms. The highest BCUT2D eigenvalue weighted by Crippen LogP contribution is 2.18. The van der Waals surface area contributed by atoms with Gasteiger partial charge in [-0.05, 0) is 31.9 Å². The fourth-order valence-corrected chi connectivity index (χ4v) is 2.28. The van der Waals surface area contributed by atoms with E-state index in [1.54, 1.807) is 0 Å². The van der Waals surface area contributed by atoms with Gasteiger partial charge in [0.25, 0.3) is 0 Å². The molecule has 0 aromatic heterocycles. The molecule has 1 aromatic rings. The highest BCUT2D eigenvalue weighted by Gasteiger charge is 2.22. The van der Waals surface area contributed by atoms with E-state index >= 15 is 0 Å². The highest BCUT2D eigenvalue weighted by molar-refractivity contribution is 5.76. The molecule has 0 saturated carbocycles. The van der Waals surface area contributed by atoms with Crippen molar-refractivity contribution in [3.8, 4) is 0 Å². The lowest BCUT2D eigenvalue weighted by Crippen LogP contribution is -2.37. The highest BCUT2D eigenvalue weighted by atomic mass is 16.5. The van der Waals surface area contributed by atoms with Gasteiger partial charge in [-0.2, -0.15) is 0 Å². The van der Waals surface area contributed by atoms with Gasteiger partial charge in [-0.15, -0.1) is 0 Å². The summed E-state index contributed by atoms with van der Waals surface area (Å²) in [7, 11) is 0. The van der Waals surface area contributed by atoms with E-state index in [2.05, 4.69) is 5.32 Å². The van der Waals surface area contributed by atoms with Crippen molar-refractivity contribution in [2.75, 3.05) is 6.54 Å². The molecule has 2 atom stereocenters. The molecule has 1 aliphatic heterocycles. The van der Waals surface area contributed by atoms with E-state index in [1.165, 1.54) is 6.42 Å². The third-order valence-electron chi connectivity index (χ3n) is 3.41. The van der Waals surface area contributed by atoms with Gasteiger partial charge in [0.15, 0.2) is 0 Å². The summed E-state index contributed by atoms with van der Waals surface area (Å²) in [4.78, 5) is 12.0. The normalized spacial score (nSPS) is 21.9. The summed E-state index contributed by atoms with van der Waals surface area (Å²) in [6, 6.07) is 9.73. The van der Waals surface area contributed by atoms with Gasteiger partial charge in [0, 0.05) is 0 Å². The summed E-state index contributed by atoms with van der Waals surface area (Å²) in [5.74, 6) is -0.117. The number of ether oxygens (including phenoxy) is 1. The molecule has 2 rings (SSSR count). The molecular weight excluding hydrogens is 226 g/mol. The van der Waals surface area contributed by atoms with E-state index in [-0.39, 0.29) is 18.1 Å². The number of hydrogen-bond donors (Lipinski definition) is 1. The molecular formula is C15H21NO2. The van der Waals surface area contributed by atoms with Crippen LogP contribution in [-0.2, 0) is 9.53 Å². The van der Waals surface area contributed by atoms with Crippen molar-refractivity contribution in [1.82, 2.24) is 5.32 Å². The Morgan fingerprint density at radius 1 is 1.28 bits per heavy atom. The summed E-state index contributed by atoms with van der Waals surface area (Å²) < 4.78 is 5.53. The Hall–Kier alpha value is -1.35. The van der Waals surface area contributed by atoms with E-state index in [0.717, 1.165) is 31.4 Å². The van der Waals surface area contributed by atoms with Crippen LogP contribution in [0.15, 0.2) is 30.3 Å². The van der Waals surface area contributed by atoms with Crippen LogP contribution in [0.1, 0.15) is 44.3 Å². The maximum absolute atomic E-state index is 12.0.